The maximum atomic E-state index is 5.99. The van der Waals surface area contributed by atoms with Crippen LogP contribution in [0.1, 0.15) is 34.6 Å². The summed E-state index contributed by atoms with van der Waals surface area (Å²) in [5, 5.41) is 0. The SMILES string of the molecule is CC=CC=C(C)C(C)C(C)(C)N. The second kappa shape index (κ2) is 4.46. The molecular weight excluding hydrogens is 146 g/mol. The van der Waals surface area contributed by atoms with Gasteiger partial charge in [-0.25, -0.2) is 0 Å². The topological polar surface area (TPSA) is 26.0 Å². The lowest BCUT2D eigenvalue weighted by molar-refractivity contribution is 0.392. The largest absolute Gasteiger partial charge is 0.325 e. The molecule has 1 unspecified atom stereocenters. The molecule has 0 saturated carbocycles. The summed E-state index contributed by atoms with van der Waals surface area (Å²) in [5.41, 5.74) is 7.20. The predicted octanol–water partition coefficient (Wildman–Crippen LogP) is 2.88. The molecule has 0 amide bonds. The van der Waals surface area contributed by atoms with Crippen LogP contribution in [0, 0.1) is 5.92 Å². The molecule has 70 valence electrons. The van der Waals surface area contributed by atoms with Gasteiger partial charge in [-0.1, -0.05) is 30.7 Å². The minimum atomic E-state index is -0.123. The highest BCUT2D eigenvalue weighted by molar-refractivity contribution is 5.15. The first-order chi connectivity index (χ1) is 5.39. The molecule has 0 aliphatic carbocycles. The zero-order chi connectivity index (χ0) is 9.78. The first-order valence-corrected chi connectivity index (χ1v) is 4.48. The Labute approximate surface area is 76.3 Å². The quantitative estimate of drug-likeness (QED) is 0.643. The van der Waals surface area contributed by atoms with Crippen molar-refractivity contribution in [2.24, 2.45) is 11.7 Å². The van der Waals surface area contributed by atoms with Gasteiger partial charge in [0.25, 0.3) is 0 Å². The monoisotopic (exact) mass is 167 g/mol. The Morgan fingerprint density at radius 2 is 1.92 bits per heavy atom. The van der Waals surface area contributed by atoms with Crippen LogP contribution >= 0.6 is 0 Å². The van der Waals surface area contributed by atoms with Gasteiger partial charge < -0.3 is 5.73 Å². The van der Waals surface area contributed by atoms with Crippen molar-refractivity contribution in [1.29, 1.82) is 0 Å². The zero-order valence-corrected chi connectivity index (χ0v) is 8.89. The molecular formula is C11H21N. The van der Waals surface area contributed by atoms with E-state index < -0.39 is 0 Å². The Kier molecular flexibility index (Phi) is 4.25. The molecule has 0 spiro atoms. The van der Waals surface area contributed by atoms with Crippen molar-refractivity contribution in [3.63, 3.8) is 0 Å². The van der Waals surface area contributed by atoms with Crippen LogP contribution < -0.4 is 5.73 Å². The third-order valence-corrected chi connectivity index (χ3v) is 2.35. The summed E-state index contributed by atoms with van der Waals surface area (Å²) in [4.78, 5) is 0. The summed E-state index contributed by atoms with van der Waals surface area (Å²) >= 11 is 0. The fraction of sp³-hybridized carbons (Fsp3) is 0.636. The average molecular weight is 167 g/mol. The lowest BCUT2D eigenvalue weighted by Gasteiger charge is -2.27. The second-order valence-electron chi connectivity index (χ2n) is 3.98. The first kappa shape index (κ1) is 11.4. The molecule has 0 aromatic heterocycles. The molecule has 1 atom stereocenters. The van der Waals surface area contributed by atoms with E-state index in [4.69, 9.17) is 5.73 Å². The standard InChI is InChI=1S/C11H21N/c1-6-7-8-9(2)10(3)11(4,5)12/h6-8,10H,12H2,1-5H3. The van der Waals surface area contributed by atoms with Gasteiger partial charge >= 0.3 is 0 Å². The number of nitrogens with two attached hydrogens (primary N) is 1. The number of rotatable bonds is 3. The van der Waals surface area contributed by atoms with Crippen LogP contribution in [0.2, 0.25) is 0 Å². The summed E-state index contributed by atoms with van der Waals surface area (Å²) in [5.74, 6) is 0.425. The zero-order valence-electron chi connectivity index (χ0n) is 8.89. The van der Waals surface area contributed by atoms with Crippen molar-refractivity contribution >= 4 is 0 Å². The summed E-state index contributed by atoms with van der Waals surface area (Å²) in [6, 6.07) is 0. The number of hydrogen-bond acceptors (Lipinski definition) is 1. The van der Waals surface area contributed by atoms with E-state index in [0.29, 0.717) is 5.92 Å². The predicted molar refractivity (Wildman–Crippen MR) is 56.0 cm³/mol. The van der Waals surface area contributed by atoms with Crippen LogP contribution in [0.3, 0.4) is 0 Å². The molecule has 0 fully saturated rings. The van der Waals surface area contributed by atoms with E-state index in [0.717, 1.165) is 0 Å². The molecule has 0 aromatic carbocycles. The Morgan fingerprint density at radius 3 is 2.25 bits per heavy atom. The Morgan fingerprint density at radius 1 is 1.42 bits per heavy atom. The van der Waals surface area contributed by atoms with Crippen LogP contribution in [0.4, 0.5) is 0 Å². The van der Waals surface area contributed by atoms with E-state index in [1.165, 1.54) is 5.57 Å². The highest BCUT2D eigenvalue weighted by atomic mass is 14.7. The molecule has 0 saturated heterocycles. The van der Waals surface area contributed by atoms with Gasteiger partial charge in [-0.2, -0.15) is 0 Å². The van der Waals surface area contributed by atoms with Gasteiger partial charge in [0, 0.05) is 5.54 Å². The maximum Gasteiger partial charge on any atom is 0.0160 e. The summed E-state index contributed by atoms with van der Waals surface area (Å²) in [6.07, 6.45) is 6.20. The third-order valence-electron chi connectivity index (χ3n) is 2.35. The molecule has 1 nitrogen and oxygen atoms in total. The average Bonchev–Trinajstić information content (AvgIpc) is 1.97. The molecule has 0 rings (SSSR count). The molecule has 0 aliphatic rings. The summed E-state index contributed by atoms with van der Waals surface area (Å²) in [7, 11) is 0. The van der Waals surface area contributed by atoms with Crippen molar-refractivity contribution in [1.82, 2.24) is 0 Å². The molecule has 1 heteroatoms. The first-order valence-electron chi connectivity index (χ1n) is 4.48. The molecule has 2 N–H and O–H groups in total. The van der Waals surface area contributed by atoms with E-state index in [1.54, 1.807) is 0 Å². The highest BCUT2D eigenvalue weighted by Crippen LogP contribution is 2.21. The van der Waals surface area contributed by atoms with Crippen molar-refractivity contribution in [3.05, 3.63) is 23.8 Å². The Hall–Kier alpha value is -0.560. The van der Waals surface area contributed by atoms with Gasteiger partial charge in [0.1, 0.15) is 0 Å². The van der Waals surface area contributed by atoms with Gasteiger partial charge in [0.05, 0.1) is 0 Å². The number of allylic oxidation sites excluding steroid dienone is 3. The van der Waals surface area contributed by atoms with E-state index in [9.17, 15) is 0 Å². The van der Waals surface area contributed by atoms with E-state index in [-0.39, 0.29) is 5.54 Å². The van der Waals surface area contributed by atoms with Crippen LogP contribution in [0.5, 0.6) is 0 Å². The Bertz CT molecular complexity index is 182. The summed E-state index contributed by atoms with van der Waals surface area (Å²) < 4.78 is 0. The maximum absolute atomic E-state index is 5.99. The second-order valence-corrected chi connectivity index (χ2v) is 3.98. The highest BCUT2D eigenvalue weighted by Gasteiger charge is 2.20. The minimum Gasteiger partial charge on any atom is -0.325 e. The van der Waals surface area contributed by atoms with Crippen molar-refractivity contribution in [3.8, 4) is 0 Å². The van der Waals surface area contributed by atoms with E-state index >= 15 is 0 Å². The lowest BCUT2D eigenvalue weighted by Crippen LogP contribution is -2.39. The molecule has 12 heavy (non-hydrogen) atoms. The van der Waals surface area contributed by atoms with Gasteiger partial charge in [0.15, 0.2) is 0 Å². The van der Waals surface area contributed by atoms with Crippen LogP contribution in [0.25, 0.3) is 0 Å². The molecule has 0 aliphatic heterocycles. The van der Waals surface area contributed by atoms with Gasteiger partial charge in [0.2, 0.25) is 0 Å². The van der Waals surface area contributed by atoms with Crippen molar-refractivity contribution in [2.75, 3.05) is 0 Å². The van der Waals surface area contributed by atoms with Crippen LogP contribution in [0.15, 0.2) is 23.8 Å². The van der Waals surface area contributed by atoms with E-state index in [2.05, 4.69) is 39.8 Å². The summed E-state index contributed by atoms with van der Waals surface area (Å²) in [6.45, 7) is 10.4. The lowest BCUT2D eigenvalue weighted by atomic mass is 9.84. The van der Waals surface area contributed by atoms with Crippen LogP contribution in [-0.2, 0) is 0 Å². The van der Waals surface area contributed by atoms with Crippen molar-refractivity contribution < 1.29 is 0 Å². The fourth-order valence-corrected chi connectivity index (χ4v) is 0.979. The fourth-order valence-electron chi connectivity index (χ4n) is 0.979. The van der Waals surface area contributed by atoms with E-state index in [1.807, 2.05) is 13.0 Å². The van der Waals surface area contributed by atoms with Crippen molar-refractivity contribution in [2.45, 2.75) is 40.2 Å². The molecule has 0 radical (unpaired) electrons. The molecule has 0 bridgehead atoms. The van der Waals surface area contributed by atoms with Gasteiger partial charge in [-0.3, -0.25) is 0 Å². The third kappa shape index (κ3) is 3.72. The molecule has 0 heterocycles. The smallest absolute Gasteiger partial charge is 0.0160 e. The van der Waals surface area contributed by atoms with Gasteiger partial charge in [-0.05, 0) is 33.6 Å². The molecule has 0 aromatic rings. The normalized spacial score (nSPS) is 17.0. The minimum absolute atomic E-state index is 0.123. The van der Waals surface area contributed by atoms with Crippen LogP contribution in [-0.4, -0.2) is 5.54 Å². The van der Waals surface area contributed by atoms with Gasteiger partial charge in [-0.15, -0.1) is 0 Å². The number of hydrogen-bond donors (Lipinski definition) is 1. The Balaban J connectivity index is 4.39.